The van der Waals surface area contributed by atoms with E-state index < -0.39 is 0 Å². The number of nitrogens with zero attached hydrogens (tertiary/aromatic N) is 1. The van der Waals surface area contributed by atoms with Crippen LogP contribution in [0.25, 0.3) is 11.3 Å². The van der Waals surface area contributed by atoms with Gasteiger partial charge in [0.1, 0.15) is 5.82 Å². The molecule has 2 rings (SSSR count). The highest BCUT2D eigenvalue weighted by Crippen LogP contribution is 2.31. The molecule has 0 aliphatic carbocycles. The van der Waals surface area contributed by atoms with Crippen LogP contribution in [0.15, 0.2) is 33.3 Å². The lowest BCUT2D eigenvalue weighted by Gasteiger charge is -2.06. The molecular weight excluding hydrogens is 323 g/mol. The maximum atomic E-state index is 13.8. The average Bonchev–Trinajstić information content (AvgIpc) is 2.83. The Morgan fingerprint density at radius 1 is 1.40 bits per heavy atom. The second-order valence-electron chi connectivity index (χ2n) is 4.93. The van der Waals surface area contributed by atoms with Crippen LogP contribution >= 0.6 is 15.9 Å². The van der Waals surface area contributed by atoms with E-state index in [-0.39, 0.29) is 5.82 Å². The number of halogens is 2. The Morgan fingerprint density at radius 2 is 2.20 bits per heavy atom. The van der Waals surface area contributed by atoms with E-state index in [0.29, 0.717) is 27.7 Å². The second-order valence-corrected chi connectivity index (χ2v) is 5.78. The van der Waals surface area contributed by atoms with Crippen molar-refractivity contribution < 1.29 is 8.81 Å². The van der Waals surface area contributed by atoms with Gasteiger partial charge in [-0.1, -0.05) is 19.9 Å². The first-order chi connectivity index (χ1) is 9.58. The van der Waals surface area contributed by atoms with Crippen LogP contribution in [0.3, 0.4) is 0 Å². The zero-order valence-electron chi connectivity index (χ0n) is 11.6. The summed E-state index contributed by atoms with van der Waals surface area (Å²) in [7, 11) is 0. The highest BCUT2D eigenvalue weighted by Gasteiger charge is 2.14. The first-order valence-electron chi connectivity index (χ1n) is 6.70. The van der Waals surface area contributed by atoms with Crippen molar-refractivity contribution in [2.75, 3.05) is 6.54 Å². The van der Waals surface area contributed by atoms with E-state index in [1.54, 1.807) is 18.3 Å². The minimum Gasteiger partial charge on any atom is -0.441 e. The Labute approximate surface area is 126 Å². The van der Waals surface area contributed by atoms with Crippen molar-refractivity contribution in [1.82, 2.24) is 10.3 Å². The van der Waals surface area contributed by atoms with E-state index in [4.69, 9.17) is 4.42 Å². The fourth-order valence-corrected chi connectivity index (χ4v) is 2.44. The number of rotatable bonds is 6. The van der Waals surface area contributed by atoms with E-state index in [1.807, 2.05) is 0 Å². The molecule has 0 amide bonds. The van der Waals surface area contributed by atoms with Crippen LogP contribution in [0.1, 0.15) is 26.2 Å². The van der Waals surface area contributed by atoms with Gasteiger partial charge in [-0.15, -0.1) is 0 Å². The first-order valence-corrected chi connectivity index (χ1v) is 7.49. The molecule has 0 saturated carbocycles. The van der Waals surface area contributed by atoms with Crippen molar-refractivity contribution in [2.45, 2.75) is 32.7 Å². The molecule has 0 aliphatic rings. The lowest BCUT2D eigenvalue weighted by Crippen LogP contribution is -2.23. The first kappa shape index (κ1) is 15.2. The van der Waals surface area contributed by atoms with Crippen molar-refractivity contribution in [1.29, 1.82) is 0 Å². The number of benzene rings is 1. The molecule has 0 aliphatic heterocycles. The number of oxazole rings is 1. The molecule has 1 N–H and O–H groups in total. The maximum Gasteiger partial charge on any atom is 0.194 e. The lowest BCUT2D eigenvalue weighted by molar-refractivity contribution is 0.481. The van der Waals surface area contributed by atoms with Gasteiger partial charge < -0.3 is 9.73 Å². The van der Waals surface area contributed by atoms with Gasteiger partial charge in [0.2, 0.25) is 0 Å². The second kappa shape index (κ2) is 6.99. The number of hydrogen-bond acceptors (Lipinski definition) is 3. The van der Waals surface area contributed by atoms with Gasteiger partial charge in [-0.25, -0.2) is 9.37 Å². The molecule has 0 spiro atoms. The Balaban J connectivity index is 2.02. The Morgan fingerprint density at radius 3 is 2.90 bits per heavy atom. The summed E-state index contributed by atoms with van der Waals surface area (Å²) in [4.78, 5) is 4.21. The molecule has 0 unspecified atom stereocenters. The molecule has 0 fully saturated rings. The van der Waals surface area contributed by atoms with Crippen LogP contribution in [0.5, 0.6) is 0 Å². The van der Waals surface area contributed by atoms with Crippen LogP contribution in [0.2, 0.25) is 0 Å². The van der Waals surface area contributed by atoms with E-state index in [0.717, 1.165) is 19.4 Å². The topological polar surface area (TPSA) is 38.1 Å². The highest BCUT2D eigenvalue weighted by molar-refractivity contribution is 9.10. The number of hydrogen-bond donors (Lipinski definition) is 1. The van der Waals surface area contributed by atoms with Gasteiger partial charge in [0.05, 0.1) is 11.8 Å². The maximum absolute atomic E-state index is 13.8. The van der Waals surface area contributed by atoms with Crippen LogP contribution in [0, 0.1) is 5.82 Å². The minimum atomic E-state index is -0.316. The van der Waals surface area contributed by atoms with Gasteiger partial charge in [0.15, 0.2) is 11.7 Å². The summed E-state index contributed by atoms with van der Waals surface area (Å²) in [5.41, 5.74) is 0.423. The van der Waals surface area contributed by atoms with Crippen LogP contribution in [-0.2, 0) is 6.42 Å². The van der Waals surface area contributed by atoms with E-state index >= 15 is 0 Å². The van der Waals surface area contributed by atoms with Gasteiger partial charge in [-0.05, 0) is 41.0 Å². The molecule has 1 heterocycles. The van der Waals surface area contributed by atoms with Gasteiger partial charge >= 0.3 is 0 Å². The van der Waals surface area contributed by atoms with Crippen molar-refractivity contribution in [2.24, 2.45) is 0 Å². The summed E-state index contributed by atoms with van der Waals surface area (Å²) < 4.78 is 20.1. The smallest absolute Gasteiger partial charge is 0.194 e. The highest BCUT2D eigenvalue weighted by atomic mass is 79.9. The van der Waals surface area contributed by atoms with Crippen molar-refractivity contribution in [3.05, 3.63) is 40.6 Å². The Hall–Kier alpha value is -1.20. The molecule has 0 radical (unpaired) electrons. The van der Waals surface area contributed by atoms with Crippen molar-refractivity contribution >= 4 is 15.9 Å². The van der Waals surface area contributed by atoms with Gasteiger partial charge in [0, 0.05) is 16.9 Å². The van der Waals surface area contributed by atoms with Gasteiger partial charge in [0.25, 0.3) is 0 Å². The number of nitrogens with one attached hydrogen (secondary N) is 1. The predicted molar refractivity (Wildman–Crippen MR) is 81.1 cm³/mol. The fraction of sp³-hybridized carbons (Fsp3) is 0.400. The van der Waals surface area contributed by atoms with Gasteiger partial charge in [-0.3, -0.25) is 0 Å². The third-order valence-electron chi connectivity index (χ3n) is 2.88. The van der Waals surface area contributed by atoms with Crippen LogP contribution in [0.4, 0.5) is 4.39 Å². The molecular formula is C15H18BrFN2O. The summed E-state index contributed by atoms with van der Waals surface area (Å²) in [6.07, 6.45) is 3.26. The quantitative estimate of drug-likeness (QED) is 0.802. The SMILES string of the molecule is CC(C)NCCCc1ncc(-c2c(F)cccc2Br)o1. The van der Waals surface area contributed by atoms with Crippen molar-refractivity contribution in [3.8, 4) is 11.3 Å². The predicted octanol–water partition coefficient (Wildman–Crippen LogP) is 4.17. The molecule has 2 aromatic rings. The van der Waals surface area contributed by atoms with E-state index in [1.165, 1.54) is 6.07 Å². The molecule has 3 nitrogen and oxygen atoms in total. The molecule has 20 heavy (non-hydrogen) atoms. The molecule has 0 atom stereocenters. The zero-order chi connectivity index (χ0) is 14.5. The molecule has 1 aromatic heterocycles. The van der Waals surface area contributed by atoms with Crippen LogP contribution in [-0.4, -0.2) is 17.6 Å². The molecule has 1 aromatic carbocycles. The Kier molecular flexibility index (Phi) is 5.31. The lowest BCUT2D eigenvalue weighted by atomic mass is 10.2. The van der Waals surface area contributed by atoms with Crippen LogP contribution < -0.4 is 5.32 Å². The normalized spacial score (nSPS) is 11.2. The largest absolute Gasteiger partial charge is 0.441 e. The fourth-order valence-electron chi connectivity index (χ4n) is 1.90. The van der Waals surface area contributed by atoms with E-state index in [2.05, 4.69) is 40.1 Å². The monoisotopic (exact) mass is 340 g/mol. The third-order valence-corrected chi connectivity index (χ3v) is 3.54. The molecule has 108 valence electrons. The third kappa shape index (κ3) is 3.90. The van der Waals surface area contributed by atoms with E-state index in [9.17, 15) is 4.39 Å². The molecule has 5 heteroatoms. The molecule has 0 bridgehead atoms. The summed E-state index contributed by atoms with van der Waals surface area (Å²) in [5, 5.41) is 3.34. The standard InChI is InChI=1S/C15H18BrFN2O/c1-10(2)18-8-4-7-14-19-9-13(20-14)15-11(16)5-3-6-12(15)17/h3,5-6,9-10,18H,4,7-8H2,1-2H3. The summed E-state index contributed by atoms with van der Waals surface area (Å²) >= 11 is 3.34. The zero-order valence-corrected chi connectivity index (χ0v) is 13.2. The summed E-state index contributed by atoms with van der Waals surface area (Å²) in [6.45, 7) is 5.14. The summed E-state index contributed by atoms with van der Waals surface area (Å²) in [5.74, 6) is 0.783. The number of aryl methyl sites for hydroxylation is 1. The summed E-state index contributed by atoms with van der Waals surface area (Å²) in [6, 6.07) is 5.32. The van der Waals surface area contributed by atoms with Gasteiger partial charge in [-0.2, -0.15) is 0 Å². The minimum absolute atomic E-state index is 0.316. The van der Waals surface area contributed by atoms with Crippen molar-refractivity contribution in [3.63, 3.8) is 0 Å². The number of aromatic nitrogens is 1. The average molecular weight is 341 g/mol. The molecule has 0 saturated heterocycles. The Bertz CT molecular complexity index is 549.